The summed E-state index contributed by atoms with van der Waals surface area (Å²) in [5, 5.41) is 13.8. The summed E-state index contributed by atoms with van der Waals surface area (Å²) in [7, 11) is 0. The molecule has 168 valence electrons. The molecule has 34 heavy (non-hydrogen) atoms. The number of nitro groups is 1. The topological polar surface area (TPSA) is 111 Å². The highest BCUT2D eigenvalue weighted by molar-refractivity contribution is 6.03. The van der Waals surface area contributed by atoms with Crippen LogP contribution in [0.15, 0.2) is 81.6 Å². The van der Waals surface area contributed by atoms with Gasteiger partial charge in [0.2, 0.25) is 5.89 Å². The van der Waals surface area contributed by atoms with Gasteiger partial charge in [-0.3, -0.25) is 14.9 Å². The van der Waals surface area contributed by atoms with E-state index in [4.69, 9.17) is 8.83 Å². The molecule has 0 saturated carbocycles. The van der Waals surface area contributed by atoms with E-state index in [1.54, 1.807) is 43.3 Å². The molecular weight excluding hydrogens is 434 g/mol. The Labute approximate surface area is 194 Å². The summed E-state index contributed by atoms with van der Waals surface area (Å²) in [4.78, 5) is 27.8. The number of furan rings is 1. The maximum atomic E-state index is 12.7. The largest absolute Gasteiger partial charge is 0.451 e. The zero-order chi connectivity index (χ0) is 23.8. The molecule has 5 aromatic rings. The van der Waals surface area contributed by atoms with E-state index in [1.807, 2.05) is 31.2 Å². The molecule has 0 aliphatic rings. The molecule has 2 aromatic heterocycles. The van der Waals surface area contributed by atoms with Crippen molar-refractivity contribution < 1.29 is 18.6 Å². The van der Waals surface area contributed by atoms with E-state index in [0.29, 0.717) is 39.6 Å². The first-order valence-corrected chi connectivity index (χ1v) is 10.5. The van der Waals surface area contributed by atoms with Gasteiger partial charge in [-0.25, -0.2) is 4.98 Å². The Morgan fingerprint density at radius 2 is 1.74 bits per heavy atom. The van der Waals surface area contributed by atoms with Crippen molar-refractivity contribution >= 4 is 28.4 Å². The van der Waals surface area contributed by atoms with Gasteiger partial charge >= 0.3 is 0 Å². The Kier molecular flexibility index (Phi) is 5.18. The number of anilines is 1. The molecule has 0 spiro atoms. The zero-order valence-electron chi connectivity index (χ0n) is 18.4. The van der Waals surface area contributed by atoms with E-state index in [1.165, 1.54) is 12.1 Å². The fourth-order valence-corrected chi connectivity index (χ4v) is 3.66. The third kappa shape index (κ3) is 4.04. The minimum absolute atomic E-state index is 0.000411. The van der Waals surface area contributed by atoms with Gasteiger partial charge in [-0.15, -0.1) is 0 Å². The lowest BCUT2D eigenvalue weighted by Gasteiger charge is -2.04. The van der Waals surface area contributed by atoms with E-state index in [9.17, 15) is 14.9 Å². The number of fused-ring (bicyclic) bond motifs is 1. The van der Waals surface area contributed by atoms with Crippen LogP contribution < -0.4 is 5.32 Å². The van der Waals surface area contributed by atoms with Crippen molar-refractivity contribution in [2.24, 2.45) is 0 Å². The molecular formula is C26H19N3O5. The van der Waals surface area contributed by atoms with Gasteiger partial charge < -0.3 is 14.2 Å². The number of hydrogen-bond acceptors (Lipinski definition) is 6. The fourth-order valence-electron chi connectivity index (χ4n) is 3.66. The van der Waals surface area contributed by atoms with Crippen molar-refractivity contribution in [2.45, 2.75) is 13.8 Å². The van der Waals surface area contributed by atoms with Crippen molar-refractivity contribution in [3.8, 4) is 22.8 Å². The third-order valence-corrected chi connectivity index (χ3v) is 5.46. The molecule has 0 aliphatic carbocycles. The molecule has 1 amide bonds. The van der Waals surface area contributed by atoms with Crippen LogP contribution in [0.2, 0.25) is 0 Å². The van der Waals surface area contributed by atoms with Crippen LogP contribution in [0.25, 0.3) is 33.9 Å². The molecule has 0 fully saturated rings. The van der Waals surface area contributed by atoms with Crippen LogP contribution in [-0.2, 0) is 0 Å². The number of oxazole rings is 1. The van der Waals surface area contributed by atoms with E-state index < -0.39 is 10.8 Å². The summed E-state index contributed by atoms with van der Waals surface area (Å²) < 4.78 is 11.6. The first-order valence-electron chi connectivity index (χ1n) is 10.5. The van der Waals surface area contributed by atoms with Crippen molar-refractivity contribution in [3.05, 3.63) is 99.8 Å². The summed E-state index contributed by atoms with van der Waals surface area (Å²) in [5.74, 6) is 0.653. The Bertz CT molecular complexity index is 1550. The molecule has 1 N–H and O–H groups in total. The maximum Gasteiger partial charge on any atom is 0.291 e. The molecule has 8 heteroatoms. The van der Waals surface area contributed by atoms with Gasteiger partial charge in [-0.05, 0) is 67.9 Å². The number of aryl methyl sites for hydroxylation is 2. The number of rotatable bonds is 5. The molecule has 0 bridgehead atoms. The van der Waals surface area contributed by atoms with Crippen molar-refractivity contribution in [1.29, 1.82) is 0 Å². The lowest BCUT2D eigenvalue weighted by Crippen LogP contribution is -2.10. The first-order chi connectivity index (χ1) is 16.4. The lowest BCUT2D eigenvalue weighted by molar-refractivity contribution is -0.384. The Hall–Kier alpha value is -4.72. The van der Waals surface area contributed by atoms with E-state index in [0.717, 1.165) is 11.1 Å². The fraction of sp³-hybridized carbons (Fsp3) is 0.0769. The summed E-state index contributed by atoms with van der Waals surface area (Å²) in [6.07, 6.45) is 0. The quantitative estimate of drug-likeness (QED) is 0.239. The molecule has 5 rings (SSSR count). The van der Waals surface area contributed by atoms with Crippen molar-refractivity contribution in [2.75, 3.05) is 5.32 Å². The Balaban J connectivity index is 1.35. The number of carbonyl (C=O) groups is 1. The predicted octanol–water partition coefficient (Wildman–Crippen LogP) is 6.53. The number of nitrogens with one attached hydrogen (secondary N) is 1. The molecule has 0 saturated heterocycles. The van der Waals surface area contributed by atoms with Crippen molar-refractivity contribution in [1.82, 2.24) is 4.98 Å². The number of aromatic nitrogens is 1. The number of hydrogen-bond donors (Lipinski definition) is 1. The SMILES string of the molecule is Cc1ccc(-c2nc3cc(NC(=O)c4ccc(-c5ccc([N+](=O)[O-])cc5C)o4)ccc3o2)cc1. The average molecular weight is 453 g/mol. The minimum Gasteiger partial charge on any atom is -0.451 e. The maximum absolute atomic E-state index is 12.7. The summed E-state index contributed by atoms with van der Waals surface area (Å²) in [5.41, 5.74) is 5.16. The second-order valence-corrected chi connectivity index (χ2v) is 7.94. The van der Waals surface area contributed by atoms with Gasteiger partial charge in [-0.2, -0.15) is 0 Å². The zero-order valence-corrected chi connectivity index (χ0v) is 18.4. The highest BCUT2D eigenvalue weighted by Gasteiger charge is 2.16. The number of carbonyl (C=O) groups excluding carboxylic acids is 1. The lowest BCUT2D eigenvalue weighted by atomic mass is 10.1. The number of amides is 1. The molecule has 0 aliphatic heterocycles. The monoisotopic (exact) mass is 453 g/mol. The van der Waals surface area contributed by atoms with Gasteiger partial charge in [0, 0.05) is 28.9 Å². The standard InChI is InChI=1S/C26H19N3O5/c1-15-3-5-17(6-4-15)26-28-21-14-18(7-10-23(21)34-26)27-25(30)24-12-11-22(33-24)20-9-8-19(29(31)32)13-16(20)2/h3-14H,1-2H3,(H,27,30). The molecule has 2 heterocycles. The van der Waals surface area contributed by atoms with Crippen molar-refractivity contribution in [3.63, 3.8) is 0 Å². The summed E-state index contributed by atoms with van der Waals surface area (Å²) in [6.45, 7) is 3.77. The second-order valence-electron chi connectivity index (χ2n) is 7.94. The summed E-state index contributed by atoms with van der Waals surface area (Å²) >= 11 is 0. The molecule has 8 nitrogen and oxygen atoms in total. The van der Waals surface area contributed by atoms with E-state index >= 15 is 0 Å². The van der Waals surface area contributed by atoms with Gasteiger partial charge in [0.15, 0.2) is 11.3 Å². The van der Waals surface area contributed by atoms with Crippen LogP contribution in [0.5, 0.6) is 0 Å². The molecule has 0 atom stereocenters. The first kappa shape index (κ1) is 21.1. The van der Waals surface area contributed by atoms with Crippen LogP contribution in [0, 0.1) is 24.0 Å². The molecule has 0 radical (unpaired) electrons. The van der Waals surface area contributed by atoms with Gasteiger partial charge in [0.05, 0.1) is 4.92 Å². The number of nitro benzene ring substituents is 1. The molecule has 3 aromatic carbocycles. The molecule has 0 unspecified atom stereocenters. The number of nitrogens with zero attached hydrogens (tertiary/aromatic N) is 2. The smallest absolute Gasteiger partial charge is 0.291 e. The van der Waals surface area contributed by atoms with Crippen LogP contribution in [0.3, 0.4) is 0 Å². The van der Waals surface area contributed by atoms with Crippen LogP contribution >= 0.6 is 0 Å². The van der Waals surface area contributed by atoms with Crippen LogP contribution in [0.4, 0.5) is 11.4 Å². The van der Waals surface area contributed by atoms with E-state index in [-0.39, 0.29) is 11.4 Å². The highest BCUT2D eigenvalue weighted by atomic mass is 16.6. The predicted molar refractivity (Wildman–Crippen MR) is 128 cm³/mol. The van der Waals surface area contributed by atoms with Gasteiger partial charge in [0.25, 0.3) is 11.6 Å². The average Bonchev–Trinajstić information content (AvgIpc) is 3.46. The number of non-ortho nitro benzene ring substituents is 1. The van der Waals surface area contributed by atoms with Crippen LogP contribution in [0.1, 0.15) is 21.7 Å². The van der Waals surface area contributed by atoms with E-state index in [2.05, 4.69) is 10.3 Å². The highest BCUT2D eigenvalue weighted by Crippen LogP contribution is 2.30. The van der Waals surface area contributed by atoms with Crippen LogP contribution in [-0.4, -0.2) is 15.8 Å². The normalized spacial score (nSPS) is 11.0. The van der Waals surface area contributed by atoms with Gasteiger partial charge in [-0.1, -0.05) is 17.7 Å². The third-order valence-electron chi connectivity index (χ3n) is 5.46. The second kappa shape index (κ2) is 8.32. The van der Waals surface area contributed by atoms with Gasteiger partial charge in [0.1, 0.15) is 11.3 Å². The Morgan fingerprint density at radius 1 is 0.941 bits per heavy atom. The summed E-state index contributed by atoms with van der Waals surface area (Å²) in [6, 6.07) is 20.8. The number of benzene rings is 3. The Morgan fingerprint density at radius 3 is 2.47 bits per heavy atom. The minimum atomic E-state index is -0.451.